The van der Waals surface area contributed by atoms with Gasteiger partial charge in [-0.2, -0.15) is 13.2 Å². The summed E-state index contributed by atoms with van der Waals surface area (Å²) in [7, 11) is 1.27. The Hall–Kier alpha value is -4.75. The van der Waals surface area contributed by atoms with Crippen molar-refractivity contribution in [2.75, 3.05) is 38.7 Å². The largest absolute Gasteiger partial charge is 0.494 e. The molecule has 0 amide bonds. The lowest BCUT2D eigenvalue weighted by Crippen LogP contribution is -2.37. The van der Waals surface area contributed by atoms with Crippen LogP contribution in [0.25, 0.3) is 11.1 Å². The maximum Gasteiger partial charge on any atom is 0.416 e. The van der Waals surface area contributed by atoms with Gasteiger partial charge in [-0.25, -0.2) is 13.6 Å². The molecular weight excluding hydrogens is 625 g/mol. The number of hydrogen-bond donors (Lipinski definition) is 3. The smallest absolute Gasteiger partial charge is 0.416 e. The summed E-state index contributed by atoms with van der Waals surface area (Å²) in [6.45, 7) is 1.36. The molecule has 0 radical (unpaired) electrons. The number of aromatic nitrogens is 1. The van der Waals surface area contributed by atoms with Gasteiger partial charge in [0.1, 0.15) is 18.2 Å². The van der Waals surface area contributed by atoms with Crippen molar-refractivity contribution in [3.8, 4) is 16.9 Å². The van der Waals surface area contributed by atoms with Gasteiger partial charge in [0, 0.05) is 36.2 Å². The molecule has 0 spiro atoms. The van der Waals surface area contributed by atoms with Crippen molar-refractivity contribution in [1.82, 2.24) is 9.88 Å². The molecule has 0 saturated heterocycles. The average Bonchev–Trinajstić information content (AvgIpc) is 3.47. The normalized spacial score (nSPS) is 14.8. The number of carboxylic acids is 1. The second-order valence-corrected chi connectivity index (χ2v) is 11.0. The molecule has 4 aromatic rings. The zero-order valence-corrected chi connectivity index (χ0v) is 25.5. The number of fused-ring (bicyclic) bond motifs is 1. The number of alkyl halides is 3. The Morgan fingerprint density at radius 3 is 2.47 bits per heavy atom. The summed E-state index contributed by atoms with van der Waals surface area (Å²) in [4.78, 5) is 25.4. The summed E-state index contributed by atoms with van der Waals surface area (Å²) in [6, 6.07) is 14.7. The third-order valence-electron chi connectivity index (χ3n) is 8.21. The lowest BCUT2D eigenvalue weighted by atomic mass is 9.91. The predicted molar refractivity (Wildman–Crippen MR) is 165 cm³/mol. The number of aliphatic carboxylic acids is 1. The summed E-state index contributed by atoms with van der Waals surface area (Å²) in [5, 5.41) is 15.4. The van der Waals surface area contributed by atoms with E-state index < -0.39 is 65.6 Å². The van der Waals surface area contributed by atoms with Crippen LogP contribution in [0.1, 0.15) is 39.9 Å². The quantitative estimate of drug-likeness (QED) is 0.125. The molecule has 2 heterocycles. The summed E-state index contributed by atoms with van der Waals surface area (Å²) < 4.78 is 84.8. The van der Waals surface area contributed by atoms with Gasteiger partial charge in [-0.15, -0.1) is 0 Å². The molecule has 248 valence electrons. The fourth-order valence-corrected chi connectivity index (χ4v) is 6.08. The van der Waals surface area contributed by atoms with Crippen LogP contribution < -0.4 is 20.9 Å². The highest BCUT2D eigenvalue weighted by Gasteiger charge is 2.38. The first-order chi connectivity index (χ1) is 22.4. The Morgan fingerprint density at radius 1 is 1.06 bits per heavy atom. The zero-order valence-electron chi connectivity index (χ0n) is 25.5. The van der Waals surface area contributed by atoms with Gasteiger partial charge in [-0.1, -0.05) is 48.5 Å². The molecule has 0 aliphatic carbocycles. The molecule has 47 heavy (non-hydrogen) atoms. The molecule has 0 saturated carbocycles. The highest BCUT2D eigenvalue weighted by atomic mass is 19.4. The number of carboxylic acid groups (broad SMARTS) is 1. The summed E-state index contributed by atoms with van der Waals surface area (Å²) in [5.41, 5.74) is -1.48. The van der Waals surface area contributed by atoms with Gasteiger partial charge in [-0.05, 0) is 36.2 Å². The molecule has 1 aromatic heterocycles. The van der Waals surface area contributed by atoms with E-state index in [2.05, 4.69) is 10.6 Å². The molecule has 13 heteroatoms. The van der Waals surface area contributed by atoms with Crippen LogP contribution in [0.5, 0.6) is 5.75 Å². The van der Waals surface area contributed by atoms with Crippen molar-refractivity contribution in [2.45, 2.75) is 31.6 Å². The average molecular weight is 658 g/mol. The first-order valence-corrected chi connectivity index (χ1v) is 14.7. The number of carbonyl (C=O) groups is 1. The van der Waals surface area contributed by atoms with Crippen LogP contribution in [0.15, 0.2) is 71.5 Å². The fourth-order valence-electron chi connectivity index (χ4n) is 6.08. The molecule has 1 aliphatic heterocycles. The van der Waals surface area contributed by atoms with E-state index in [1.54, 1.807) is 18.2 Å². The molecule has 5 rings (SSSR count). The molecule has 0 bridgehead atoms. The van der Waals surface area contributed by atoms with Crippen LogP contribution in [0.4, 0.5) is 27.8 Å². The summed E-state index contributed by atoms with van der Waals surface area (Å²) in [6.07, 6.45) is -5.41. The summed E-state index contributed by atoms with van der Waals surface area (Å²) in [5.74, 6) is -2.99. The maximum atomic E-state index is 15.8. The second-order valence-electron chi connectivity index (χ2n) is 11.0. The van der Waals surface area contributed by atoms with Gasteiger partial charge in [0.2, 0.25) is 0 Å². The number of rotatable bonds is 12. The SMILES string of the molecule is COc1cccc(-c2c(C)c(Cc3c(F)cccc3C(F)(F)F)c3n(c2=O)[C@@H](C(NCCOCC(=O)O)c2ccccc2)CN3)c1F. The van der Waals surface area contributed by atoms with Crippen LogP contribution in [-0.4, -0.2) is 49.1 Å². The number of anilines is 1. The van der Waals surface area contributed by atoms with E-state index in [-0.39, 0.29) is 53.5 Å². The van der Waals surface area contributed by atoms with E-state index in [4.69, 9.17) is 14.6 Å². The van der Waals surface area contributed by atoms with Gasteiger partial charge in [0.05, 0.1) is 36.9 Å². The fraction of sp³-hybridized carbons (Fsp3) is 0.294. The van der Waals surface area contributed by atoms with Gasteiger partial charge < -0.3 is 25.2 Å². The van der Waals surface area contributed by atoms with Crippen molar-refractivity contribution in [3.63, 3.8) is 0 Å². The molecule has 8 nitrogen and oxygen atoms in total. The Morgan fingerprint density at radius 2 is 1.79 bits per heavy atom. The van der Waals surface area contributed by atoms with Gasteiger partial charge >= 0.3 is 12.1 Å². The van der Waals surface area contributed by atoms with E-state index in [0.29, 0.717) is 0 Å². The van der Waals surface area contributed by atoms with Crippen LogP contribution in [-0.2, 0) is 22.1 Å². The van der Waals surface area contributed by atoms with E-state index in [9.17, 15) is 22.8 Å². The lowest BCUT2D eigenvalue weighted by Gasteiger charge is -2.28. The first-order valence-electron chi connectivity index (χ1n) is 14.7. The highest BCUT2D eigenvalue weighted by Crippen LogP contribution is 2.41. The number of methoxy groups -OCH3 is 1. The molecule has 1 unspecified atom stereocenters. The highest BCUT2D eigenvalue weighted by molar-refractivity contribution is 5.74. The Kier molecular flexibility index (Phi) is 9.96. The number of benzene rings is 3. The molecular formula is C34H32F5N3O5. The minimum absolute atomic E-state index is 0.0322. The molecule has 2 atom stereocenters. The van der Waals surface area contributed by atoms with Crippen LogP contribution in [0.2, 0.25) is 0 Å². The maximum absolute atomic E-state index is 15.8. The first kappa shape index (κ1) is 33.6. The molecule has 0 fully saturated rings. The third kappa shape index (κ3) is 6.86. The number of nitrogens with zero attached hydrogens (tertiary/aromatic N) is 1. The van der Waals surface area contributed by atoms with E-state index in [1.807, 2.05) is 12.1 Å². The molecule has 3 aromatic carbocycles. The minimum Gasteiger partial charge on any atom is -0.494 e. The topological polar surface area (TPSA) is 102 Å². The van der Waals surface area contributed by atoms with E-state index >= 15 is 8.78 Å². The zero-order chi connectivity index (χ0) is 33.9. The van der Waals surface area contributed by atoms with Crippen LogP contribution in [0, 0.1) is 18.6 Å². The molecule has 3 N–H and O–H groups in total. The molecule has 1 aliphatic rings. The van der Waals surface area contributed by atoms with Gasteiger partial charge in [0.15, 0.2) is 11.6 Å². The third-order valence-corrected chi connectivity index (χ3v) is 8.21. The van der Waals surface area contributed by atoms with Crippen LogP contribution in [0.3, 0.4) is 0 Å². The van der Waals surface area contributed by atoms with Crippen molar-refractivity contribution in [2.24, 2.45) is 0 Å². The Balaban J connectivity index is 1.71. The van der Waals surface area contributed by atoms with E-state index in [0.717, 1.165) is 23.8 Å². The van der Waals surface area contributed by atoms with Crippen molar-refractivity contribution in [3.05, 3.63) is 117 Å². The van der Waals surface area contributed by atoms with Gasteiger partial charge in [0.25, 0.3) is 5.56 Å². The Bertz CT molecular complexity index is 1830. The van der Waals surface area contributed by atoms with Crippen molar-refractivity contribution >= 4 is 11.8 Å². The van der Waals surface area contributed by atoms with Crippen molar-refractivity contribution in [1.29, 1.82) is 0 Å². The number of nitrogens with one attached hydrogen (secondary N) is 2. The van der Waals surface area contributed by atoms with Crippen LogP contribution >= 0.6 is 0 Å². The standard InChI is InChI=1S/C34H32F5N3O5/c1-19-22(16-23-24(34(37,38)39)11-7-12-25(23)35)32-41-17-26(31(20-8-4-3-5-9-20)40-14-15-47-18-28(43)44)42(32)33(45)29(19)21-10-6-13-27(46-2)30(21)36/h3-13,26,31,40-41H,14-18H2,1-2H3,(H,43,44)/t26-,31?/m1/s1. The minimum atomic E-state index is -4.86. The number of hydrogen-bond acceptors (Lipinski definition) is 6. The van der Waals surface area contributed by atoms with Gasteiger partial charge in [-0.3, -0.25) is 9.36 Å². The monoisotopic (exact) mass is 657 g/mol. The lowest BCUT2D eigenvalue weighted by molar-refractivity contribution is -0.142. The predicted octanol–water partition coefficient (Wildman–Crippen LogP) is 6.12. The number of pyridine rings is 1. The second kappa shape index (κ2) is 13.9. The van der Waals surface area contributed by atoms with Crippen molar-refractivity contribution < 1.29 is 41.3 Å². The number of ether oxygens (including phenoxy) is 2. The Labute approximate surface area is 266 Å². The number of halogens is 5. The summed E-state index contributed by atoms with van der Waals surface area (Å²) >= 11 is 0. The van der Waals surface area contributed by atoms with E-state index in [1.165, 1.54) is 36.8 Å².